The second-order valence-electron chi connectivity index (χ2n) is 7.31. The van der Waals surface area contributed by atoms with E-state index in [1.54, 1.807) is 11.8 Å². The molecule has 2 fully saturated rings. The minimum Gasteiger partial charge on any atom is -0.378 e. The van der Waals surface area contributed by atoms with Gasteiger partial charge in [-0.2, -0.15) is 0 Å². The number of amides is 1. The largest absolute Gasteiger partial charge is 0.378 e. The van der Waals surface area contributed by atoms with Crippen molar-refractivity contribution >= 4 is 17.5 Å². The molecular weight excluding hydrogens is 342 g/mol. The Morgan fingerprint density at radius 1 is 1.07 bits per heavy atom. The Balaban J connectivity index is 1.82. The van der Waals surface area contributed by atoms with Gasteiger partial charge in [-0.1, -0.05) is 5.92 Å². The number of nitrogens with zero attached hydrogens (tertiary/aromatic N) is 1. The number of aryl methyl sites for hydroxylation is 2. The molecule has 1 aliphatic carbocycles. The maximum atomic E-state index is 12.9. The summed E-state index contributed by atoms with van der Waals surface area (Å²) in [4.78, 5) is 40.1. The van der Waals surface area contributed by atoms with Crippen molar-refractivity contribution in [2.75, 3.05) is 26.3 Å². The van der Waals surface area contributed by atoms with Crippen LogP contribution in [0.1, 0.15) is 47.9 Å². The number of hydrogen-bond donors (Lipinski definition) is 0. The number of Topliss-reactive ketones (excluding diaryl/α,β-unsaturated/α-hetero) is 2. The van der Waals surface area contributed by atoms with Crippen LogP contribution in [0.15, 0.2) is 12.1 Å². The number of rotatable bonds is 2. The Morgan fingerprint density at radius 2 is 1.63 bits per heavy atom. The second-order valence-corrected chi connectivity index (χ2v) is 7.31. The molecule has 1 saturated heterocycles. The Morgan fingerprint density at radius 3 is 2.15 bits per heavy atom. The Hall–Kier alpha value is -2.45. The minimum absolute atomic E-state index is 0.0968. The number of hydrogen-bond acceptors (Lipinski definition) is 4. The van der Waals surface area contributed by atoms with Gasteiger partial charge in [0.1, 0.15) is 17.5 Å². The van der Waals surface area contributed by atoms with E-state index in [0.717, 1.165) is 22.3 Å². The molecule has 1 aromatic carbocycles. The Bertz CT molecular complexity index is 799. The standard InChI is InChI=1S/C22H25NO4/c1-4-5-16-10-14(2)20(15(3)11-16)21-18(24)12-17(13-19(21)25)22(26)23-6-8-27-9-7-23/h10-11,17,21H,6-9,12-13H2,1-3H3. The van der Waals surface area contributed by atoms with E-state index in [-0.39, 0.29) is 30.3 Å². The summed E-state index contributed by atoms with van der Waals surface area (Å²) in [6.45, 7) is 7.67. The first-order valence-corrected chi connectivity index (χ1v) is 9.38. The minimum atomic E-state index is -0.762. The lowest BCUT2D eigenvalue weighted by molar-refractivity contribution is -0.147. The average molecular weight is 367 g/mol. The summed E-state index contributed by atoms with van der Waals surface area (Å²) < 4.78 is 5.27. The van der Waals surface area contributed by atoms with Gasteiger partial charge in [-0.25, -0.2) is 0 Å². The van der Waals surface area contributed by atoms with Gasteiger partial charge in [0.25, 0.3) is 0 Å². The number of carbonyl (C=O) groups excluding carboxylic acids is 3. The lowest BCUT2D eigenvalue weighted by Crippen LogP contribution is -2.46. The predicted molar refractivity (Wildman–Crippen MR) is 101 cm³/mol. The van der Waals surface area contributed by atoms with Crippen molar-refractivity contribution in [3.8, 4) is 11.8 Å². The highest BCUT2D eigenvalue weighted by molar-refractivity contribution is 6.12. The Kier molecular flexibility index (Phi) is 5.76. The van der Waals surface area contributed by atoms with Crippen LogP contribution in [0.3, 0.4) is 0 Å². The number of morpholine rings is 1. The normalized spacial score (nSPS) is 23.0. The van der Waals surface area contributed by atoms with Gasteiger partial charge in [-0.3, -0.25) is 14.4 Å². The third kappa shape index (κ3) is 3.96. The number of ether oxygens (including phenoxy) is 1. The van der Waals surface area contributed by atoms with Crippen molar-refractivity contribution in [3.63, 3.8) is 0 Å². The molecule has 0 unspecified atom stereocenters. The van der Waals surface area contributed by atoms with Crippen LogP contribution in [-0.2, 0) is 19.1 Å². The van der Waals surface area contributed by atoms with Gasteiger partial charge >= 0.3 is 0 Å². The van der Waals surface area contributed by atoms with Crippen molar-refractivity contribution in [1.82, 2.24) is 4.90 Å². The van der Waals surface area contributed by atoms with E-state index in [4.69, 9.17) is 4.74 Å². The molecule has 5 heteroatoms. The maximum Gasteiger partial charge on any atom is 0.226 e. The van der Waals surface area contributed by atoms with Gasteiger partial charge in [0.2, 0.25) is 5.91 Å². The lowest BCUT2D eigenvalue weighted by atomic mass is 9.74. The molecule has 0 aromatic heterocycles. The van der Waals surface area contributed by atoms with Crippen LogP contribution in [0.25, 0.3) is 0 Å². The molecule has 1 saturated carbocycles. The molecule has 0 radical (unpaired) electrons. The van der Waals surface area contributed by atoms with E-state index < -0.39 is 11.8 Å². The third-order valence-corrected chi connectivity index (χ3v) is 5.36. The highest BCUT2D eigenvalue weighted by atomic mass is 16.5. The summed E-state index contributed by atoms with van der Waals surface area (Å²) in [5.74, 6) is 4.19. The molecule has 0 bridgehead atoms. The molecule has 3 rings (SSSR count). The summed E-state index contributed by atoms with van der Waals surface area (Å²) in [7, 11) is 0. The monoisotopic (exact) mass is 367 g/mol. The van der Waals surface area contributed by atoms with Gasteiger partial charge in [0.15, 0.2) is 0 Å². The molecule has 27 heavy (non-hydrogen) atoms. The molecule has 142 valence electrons. The molecule has 5 nitrogen and oxygen atoms in total. The van der Waals surface area contributed by atoms with Gasteiger partial charge in [0, 0.05) is 31.5 Å². The SMILES string of the molecule is CC#Cc1cc(C)c(C2C(=O)CC(C(=O)N3CCOCC3)CC2=O)c(C)c1. The van der Waals surface area contributed by atoms with E-state index in [1.807, 2.05) is 26.0 Å². The van der Waals surface area contributed by atoms with Crippen LogP contribution in [0.5, 0.6) is 0 Å². The summed E-state index contributed by atoms with van der Waals surface area (Å²) in [5, 5.41) is 0. The summed E-state index contributed by atoms with van der Waals surface area (Å²) in [6, 6.07) is 3.84. The highest BCUT2D eigenvalue weighted by Gasteiger charge is 2.41. The van der Waals surface area contributed by atoms with Crippen LogP contribution in [-0.4, -0.2) is 48.7 Å². The number of carbonyl (C=O) groups is 3. The van der Waals surface area contributed by atoms with Crippen LogP contribution in [0.4, 0.5) is 0 Å². The van der Waals surface area contributed by atoms with Crippen LogP contribution in [0, 0.1) is 31.6 Å². The zero-order valence-corrected chi connectivity index (χ0v) is 16.1. The molecule has 0 atom stereocenters. The zero-order chi connectivity index (χ0) is 19.6. The zero-order valence-electron chi connectivity index (χ0n) is 16.1. The number of ketones is 2. The van der Waals surface area contributed by atoms with Gasteiger partial charge in [-0.05, 0) is 49.6 Å². The summed E-state index contributed by atoms with van der Waals surface area (Å²) >= 11 is 0. The van der Waals surface area contributed by atoms with E-state index in [9.17, 15) is 14.4 Å². The smallest absolute Gasteiger partial charge is 0.226 e. The van der Waals surface area contributed by atoms with Gasteiger partial charge in [0.05, 0.1) is 19.1 Å². The van der Waals surface area contributed by atoms with Crippen molar-refractivity contribution in [2.45, 2.75) is 39.5 Å². The fraction of sp³-hybridized carbons (Fsp3) is 0.500. The predicted octanol–water partition coefficient (Wildman–Crippen LogP) is 2.17. The Labute approximate surface area is 160 Å². The maximum absolute atomic E-state index is 12.9. The van der Waals surface area contributed by atoms with Gasteiger partial charge < -0.3 is 9.64 Å². The van der Waals surface area contributed by atoms with Crippen molar-refractivity contribution in [2.24, 2.45) is 5.92 Å². The number of benzene rings is 1. The van der Waals surface area contributed by atoms with E-state index in [1.165, 1.54) is 0 Å². The van der Waals surface area contributed by atoms with Crippen molar-refractivity contribution < 1.29 is 19.1 Å². The van der Waals surface area contributed by atoms with Crippen molar-refractivity contribution in [3.05, 3.63) is 34.4 Å². The fourth-order valence-electron chi connectivity index (χ4n) is 4.16. The van der Waals surface area contributed by atoms with E-state index in [0.29, 0.717) is 26.3 Å². The molecule has 1 aromatic rings. The second kappa shape index (κ2) is 8.06. The van der Waals surface area contributed by atoms with E-state index in [2.05, 4.69) is 11.8 Å². The summed E-state index contributed by atoms with van der Waals surface area (Å²) in [6.07, 6.45) is 0.254. The van der Waals surface area contributed by atoms with E-state index >= 15 is 0 Å². The van der Waals surface area contributed by atoms with Crippen LogP contribution < -0.4 is 0 Å². The van der Waals surface area contributed by atoms with Crippen LogP contribution in [0.2, 0.25) is 0 Å². The molecule has 0 spiro atoms. The fourth-order valence-corrected chi connectivity index (χ4v) is 4.16. The molecular formula is C22H25NO4. The van der Waals surface area contributed by atoms with Crippen molar-refractivity contribution in [1.29, 1.82) is 0 Å². The highest BCUT2D eigenvalue weighted by Crippen LogP contribution is 2.35. The average Bonchev–Trinajstić information content (AvgIpc) is 2.63. The molecule has 1 aliphatic heterocycles. The molecule has 2 aliphatic rings. The molecule has 1 heterocycles. The van der Waals surface area contributed by atoms with Crippen LogP contribution >= 0.6 is 0 Å². The topological polar surface area (TPSA) is 63.7 Å². The lowest BCUT2D eigenvalue weighted by Gasteiger charge is -2.33. The van der Waals surface area contributed by atoms with Gasteiger partial charge in [-0.15, -0.1) is 5.92 Å². The molecule has 1 amide bonds. The first-order valence-electron chi connectivity index (χ1n) is 9.38. The third-order valence-electron chi connectivity index (χ3n) is 5.36. The first-order chi connectivity index (χ1) is 12.9. The first kappa shape index (κ1) is 19.3. The molecule has 0 N–H and O–H groups in total. The summed E-state index contributed by atoms with van der Waals surface area (Å²) in [5.41, 5.74) is 3.46. The quantitative estimate of drug-likeness (QED) is 0.594.